The molecule has 0 fully saturated rings. The highest BCUT2D eigenvalue weighted by molar-refractivity contribution is 9.10. The van der Waals surface area contributed by atoms with E-state index in [1.807, 2.05) is 24.3 Å². The van der Waals surface area contributed by atoms with E-state index in [9.17, 15) is 4.79 Å². The molecule has 0 saturated carbocycles. The van der Waals surface area contributed by atoms with Gasteiger partial charge in [0.2, 0.25) is 0 Å². The Hall–Kier alpha value is -2.01. The highest BCUT2D eigenvalue weighted by Gasteiger charge is 2.22. The number of nitrogens with one attached hydrogen (secondary N) is 1. The normalized spacial score (nSPS) is 16.1. The van der Waals surface area contributed by atoms with E-state index in [1.54, 1.807) is 18.2 Å². The van der Waals surface area contributed by atoms with Crippen LogP contribution in [0.15, 0.2) is 46.9 Å². The Labute approximate surface area is 131 Å². The summed E-state index contributed by atoms with van der Waals surface area (Å²) in [6.07, 6.45) is 0.804. The van der Waals surface area contributed by atoms with Gasteiger partial charge in [-0.05, 0) is 45.8 Å². The summed E-state index contributed by atoms with van der Waals surface area (Å²) in [4.78, 5) is 12.1. The summed E-state index contributed by atoms with van der Waals surface area (Å²) in [7, 11) is 0. The number of hydrogen-bond acceptors (Lipinski definition) is 3. The number of benzene rings is 2. The Morgan fingerprint density at radius 3 is 2.90 bits per heavy atom. The zero-order chi connectivity index (χ0) is 14.8. The van der Waals surface area contributed by atoms with Crippen LogP contribution in [0, 0.1) is 0 Å². The predicted octanol–water partition coefficient (Wildman–Crippen LogP) is 2.76. The van der Waals surface area contributed by atoms with Crippen molar-refractivity contribution in [1.29, 1.82) is 0 Å². The zero-order valence-corrected chi connectivity index (χ0v) is 12.9. The number of carbonyl (C=O) groups is 1. The van der Waals surface area contributed by atoms with Crippen LogP contribution in [-0.2, 0) is 6.42 Å². The molecule has 1 amide bonds. The summed E-state index contributed by atoms with van der Waals surface area (Å²) in [5.41, 5.74) is 8.06. The molecule has 3 N–H and O–H groups in total. The minimum absolute atomic E-state index is 0.0147. The molecule has 1 aliphatic rings. The molecule has 2 aromatic carbocycles. The molecule has 1 atom stereocenters. The summed E-state index contributed by atoms with van der Waals surface area (Å²) in [5.74, 6) is 0.762. The fourth-order valence-electron chi connectivity index (χ4n) is 2.36. The van der Waals surface area contributed by atoms with E-state index in [1.165, 1.54) is 5.56 Å². The smallest absolute Gasteiger partial charge is 0.251 e. The Kier molecular flexibility index (Phi) is 3.84. The third kappa shape index (κ3) is 3.03. The highest BCUT2D eigenvalue weighted by atomic mass is 79.9. The minimum Gasteiger partial charge on any atom is -0.488 e. The van der Waals surface area contributed by atoms with Crippen molar-refractivity contribution in [3.05, 3.63) is 58.1 Å². The van der Waals surface area contributed by atoms with E-state index in [2.05, 4.69) is 21.2 Å². The van der Waals surface area contributed by atoms with Crippen molar-refractivity contribution in [2.24, 2.45) is 0 Å². The largest absolute Gasteiger partial charge is 0.488 e. The molecular weight excluding hydrogens is 332 g/mol. The van der Waals surface area contributed by atoms with Gasteiger partial charge < -0.3 is 15.8 Å². The molecule has 0 radical (unpaired) electrons. The number of anilines is 1. The first kappa shape index (κ1) is 13.9. The number of para-hydroxylation sites is 1. The molecule has 2 aromatic rings. The van der Waals surface area contributed by atoms with Crippen LogP contribution < -0.4 is 15.8 Å². The molecule has 0 aliphatic carbocycles. The van der Waals surface area contributed by atoms with Gasteiger partial charge in [-0.3, -0.25) is 4.79 Å². The maximum absolute atomic E-state index is 12.1. The Bertz CT molecular complexity index is 663. The molecule has 0 aromatic heterocycles. The molecule has 0 spiro atoms. The molecule has 1 heterocycles. The first-order chi connectivity index (χ1) is 10.1. The topological polar surface area (TPSA) is 64.4 Å². The molecule has 0 saturated heterocycles. The lowest BCUT2D eigenvalue weighted by molar-refractivity contribution is 0.0933. The number of hydrogen-bond donors (Lipinski definition) is 2. The second-order valence-electron chi connectivity index (χ2n) is 5.00. The van der Waals surface area contributed by atoms with E-state index in [-0.39, 0.29) is 12.0 Å². The molecule has 3 rings (SSSR count). The van der Waals surface area contributed by atoms with Crippen LogP contribution in [0.2, 0.25) is 0 Å². The Morgan fingerprint density at radius 1 is 1.33 bits per heavy atom. The van der Waals surface area contributed by atoms with Crippen LogP contribution in [-0.4, -0.2) is 18.6 Å². The monoisotopic (exact) mass is 346 g/mol. The van der Waals surface area contributed by atoms with Gasteiger partial charge in [-0.2, -0.15) is 0 Å². The first-order valence-corrected chi connectivity index (χ1v) is 7.50. The fourth-order valence-corrected chi connectivity index (χ4v) is 2.61. The van der Waals surface area contributed by atoms with Gasteiger partial charge in [0, 0.05) is 22.1 Å². The van der Waals surface area contributed by atoms with Crippen molar-refractivity contribution in [1.82, 2.24) is 5.32 Å². The first-order valence-electron chi connectivity index (χ1n) is 6.71. The Morgan fingerprint density at radius 2 is 2.14 bits per heavy atom. The summed E-state index contributed by atoms with van der Waals surface area (Å²) in [6.45, 7) is 0.476. The SMILES string of the molecule is Nc1cc(C(=O)NCC2Cc3ccccc3O2)ccc1Br. The van der Waals surface area contributed by atoms with E-state index in [4.69, 9.17) is 10.5 Å². The van der Waals surface area contributed by atoms with Crippen molar-refractivity contribution >= 4 is 27.5 Å². The van der Waals surface area contributed by atoms with E-state index in [0.717, 1.165) is 16.6 Å². The van der Waals surface area contributed by atoms with Crippen molar-refractivity contribution in [3.63, 3.8) is 0 Å². The second kappa shape index (κ2) is 5.77. The van der Waals surface area contributed by atoms with E-state index < -0.39 is 0 Å². The number of nitrogen functional groups attached to an aromatic ring is 1. The van der Waals surface area contributed by atoms with Crippen molar-refractivity contribution < 1.29 is 9.53 Å². The van der Waals surface area contributed by atoms with Crippen molar-refractivity contribution in [2.45, 2.75) is 12.5 Å². The van der Waals surface area contributed by atoms with Crippen LogP contribution in [0.5, 0.6) is 5.75 Å². The minimum atomic E-state index is -0.145. The molecule has 1 unspecified atom stereocenters. The van der Waals surface area contributed by atoms with Crippen LogP contribution in [0.25, 0.3) is 0 Å². The lowest BCUT2D eigenvalue weighted by atomic mass is 10.1. The van der Waals surface area contributed by atoms with Gasteiger partial charge in [-0.25, -0.2) is 0 Å². The van der Waals surface area contributed by atoms with Crippen LogP contribution in [0.4, 0.5) is 5.69 Å². The number of ether oxygens (including phenoxy) is 1. The maximum Gasteiger partial charge on any atom is 0.251 e. The molecule has 108 valence electrons. The van der Waals surface area contributed by atoms with Gasteiger partial charge in [-0.15, -0.1) is 0 Å². The van der Waals surface area contributed by atoms with Crippen LogP contribution >= 0.6 is 15.9 Å². The van der Waals surface area contributed by atoms with Crippen LogP contribution in [0.3, 0.4) is 0 Å². The maximum atomic E-state index is 12.1. The summed E-state index contributed by atoms with van der Waals surface area (Å²) in [6, 6.07) is 13.1. The summed E-state index contributed by atoms with van der Waals surface area (Å²) < 4.78 is 6.57. The van der Waals surface area contributed by atoms with Gasteiger partial charge in [0.1, 0.15) is 11.9 Å². The predicted molar refractivity (Wildman–Crippen MR) is 85.4 cm³/mol. The number of nitrogens with two attached hydrogens (primary N) is 1. The van der Waals surface area contributed by atoms with Gasteiger partial charge in [0.25, 0.3) is 5.91 Å². The van der Waals surface area contributed by atoms with E-state index >= 15 is 0 Å². The zero-order valence-electron chi connectivity index (χ0n) is 11.3. The number of carbonyl (C=O) groups excluding carboxylic acids is 1. The molecule has 4 nitrogen and oxygen atoms in total. The lowest BCUT2D eigenvalue weighted by Gasteiger charge is -2.12. The number of amides is 1. The number of halogens is 1. The Balaban J connectivity index is 1.59. The summed E-state index contributed by atoms with van der Waals surface area (Å²) in [5, 5.41) is 2.89. The van der Waals surface area contributed by atoms with E-state index in [0.29, 0.717) is 17.8 Å². The van der Waals surface area contributed by atoms with Crippen molar-refractivity contribution in [3.8, 4) is 5.75 Å². The van der Waals surface area contributed by atoms with Gasteiger partial charge in [0.05, 0.1) is 6.54 Å². The molecule has 1 aliphatic heterocycles. The third-order valence-corrected chi connectivity index (χ3v) is 4.18. The average molecular weight is 347 g/mol. The highest BCUT2D eigenvalue weighted by Crippen LogP contribution is 2.27. The molecular formula is C16H15BrN2O2. The standard InChI is InChI=1S/C16H15BrN2O2/c17-13-6-5-11(8-14(13)18)16(20)19-9-12-7-10-3-1-2-4-15(10)21-12/h1-6,8,12H,7,9,18H2,(H,19,20). The quantitative estimate of drug-likeness (QED) is 0.840. The summed E-state index contributed by atoms with van der Waals surface area (Å²) >= 11 is 3.31. The van der Waals surface area contributed by atoms with Gasteiger partial charge in [0.15, 0.2) is 0 Å². The number of rotatable bonds is 3. The van der Waals surface area contributed by atoms with Gasteiger partial charge in [-0.1, -0.05) is 18.2 Å². The fraction of sp³-hybridized carbons (Fsp3) is 0.188. The second-order valence-corrected chi connectivity index (χ2v) is 5.85. The van der Waals surface area contributed by atoms with Crippen LogP contribution in [0.1, 0.15) is 15.9 Å². The van der Waals surface area contributed by atoms with Gasteiger partial charge >= 0.3 is 0 Å². The van der Waals surface area contributed by atoms with Crippen molar-refractivity contribution in [2.75, 3.05) is 12.3 Å². The molecule has 21 heavy (non-hydrogen) atoms. The molecule has 0 bridgehead atoms. The number of fused-ring (bicyclic) bond motifs is 1. The lowest BCUT2D eigenvalue weighted by Crippen LogP contribution is -2.34. The third-order valence-electron chi connectivity index (χ3n) is 3.46. The molecule has 5 heteroatoms. The average Bonchev–Trinajstić information content (AvgIpc) is 2.90.